The molecule has 2 aromatic carbocycles. The Bertz CT molecular complexity index is 1220. The number of aromatic nitrogens is 2. The van der Waals surface area contributed by atoms with E-state index in [1.165, 1.54) is 0 Å². The highest BCUT2D eigenvalue weighted by Gasteiger charge is 2.44. The summed E-state index contributed by atoms with van der Waals surface area (Å²) in [5.74, 6) is 2.02. The number of hydrogen-bond acceptors (Lipinski definition) is 4. The summed E-state index contributed by atoms with van der Waals surface area (Å²) in [4.78, 5) is 37.1. The van der Waals surface area contributed by atoms with Gasteiger partial charge in [-0.15, -0.1) is 0 Å². The van der Waals surface area contributed by atoms with Crippen molar-refractivity contribution < 1.29 is 14.3 Å². The third-order valence-electron chi connectivity index (χ3n) is 7.01. The van der Waals surface area contributed by atoms with Gasteiger partial charge in [0.25, 0.3) is 0 Å². The van der Waals surface area contributed by atoms with Crippen molar-refractivity contribution in [2.24, 2.45) is 0 Å². The molecule has 0 radical (unpaired) electrons. The maximum Gasteiger partial charge on any atom is 0.320 e. The first-order chi connectivity index (χ1) is 15.5. The van der Waals surface area contributed by atoms with Gasteiger partial charge >= 0.3 is 6.03 Å². The van der Waals surface area contributed by atoms with Crippen LogP contribution in [0.1, 0.15) is 37.1 Å². The monoisotopic (exact) mass is 430 g/mol. The van der Waals surface area contributed by atoms with Gasteiger partial charge in [0.2, 0.25) is 0 Å². The average Bonchev–Trinajstić information content (AvgIpc) is 3.18. The van der Waals surface area contributed by atoms with E-state index in [1.54, 1.807) is 0 Å². The summed E-state index contributed by atoms with van der Waals surface area (Å²) < 4.78 is 5.98. The van der Waals surface area contributed by atoms with Gasteiger partial charge in [-0.25, -0.2) is 9.78 Å². The molecule has 1 N–H and O–H groups in total. The fourth-order valence-electron chi connectivity index (χ4n) is 5.50. The lowest BCUT2D eigenvalue weighted by Gasteiger charge is -2.37. The molecular weight excluding hydrogens is 404 g/mol. The minimum Gasteiger partial charge on any atom is -0.491 e. The zero-order valence-electron chi connectivity index (χ0n) is 18.1. The lowest BCUT2D eigenvalue weighted by molar-refractivity contribution is -0.122. The van der Waals surface area contributed by atoms with E-state index in [9.17, 15) is 9.59 Å². The molecule has 3 aromatic rings. The minimum absolute atomic E-state index is 0.0428. The van der Waals surface area contributed by atoms with Crippen molar-refractivity contribution in [3.63, 3.8) is 0 Å². The first kappa shape index (κ1) is 19.3. The van der Waals surface area contributed by atoms with E-state index in [1.807, 2.05) is 28.9 Å². The van der Waals surface area contributed by atoms with E-state index in [4.69, 9.17) is 4.74 Å². The number of piperidine rings is 1. The molecule has 0 spiro atoms. The van der Waals surface area contributed by atoms with Crippen molar-refractivity contribution >= 4 is 22.8 Å². The SMILES string of the molecule is Cc1nc2ccc(-c3ccc4c(c3)CN(C(=O)N3C5CCC3CC(=O)C5)CCO4)cc2[nH]1. The number of ether oxygens (including phenoxy) is 1. The van der Waals surface area contributed by atoms with Crippen molar-refractivity contribution in [1.29, 1.82) is 0 Å². The number of urea groups is 1. The third kappa shape index (κ3) is 3.23. The lowest BCUT2D eigenvalue weighted by Crippen LogP contribution is -2.52. The molecule has 2 unspecified atom stereocenters. The molecule has 4 heterocycles. The molecule has 0 saturated carbocycles. The van der Waals surface area contributed by atoms with E-state index in [2.05, 4.69) is 34.2 Å². The number of nitrogens with zero attached hydrogens (tertiary/aromatic N) is 3. The molecule has 2 bridgehead atoms. The van der Waals surface area contributed by atoms with Crippen LogP contribution in [0.15, 0.2) is 36.4 Å². The lowest BCUT2D eigenvalue weighted by atomic mass is 10.0. The predicted molar refractivity (Wildman–Crippen MR) is 120 cm³/mol. The highest BCUT2D eigenvalue weighted by Crippen LogP contribution is 2.36. The van der Waals surface area contributed by atoms with Gasteiger partial charge in [-0.3, -0.25) is 4.79 Å². The Kier molecular flexibility index (Phi) is 4.45. The average molecular weight is 431 g/mol. The van der Waals surface area contributed by atoms with Gasteiger partial charge in [0.15, 0.2) is 0 Å². The van der Waals surface area contributed by atoms with Gasteiger partial charge in [0, 0.05) is 30.5 Å². The Labute approximate surface area is 186 Å². The Balaban J connectivity index is 1.28. The van der Waals surface area contributed by atoms with Gasteiger partial charge in [-0.2, -0.15) is 0 Å². The zero-order valence-corrected chi connectivity index (χ0v) is 18.1. The number of Topliss-reactive ketones (excluding diaryl/α,β-unsaturated/α-hetero) is 1. The van der Waals surface area contributed by atoms with Gasteiger partial charge in [0.1, 0.15) is 24.0 Å². The predicted octanol–water partition coefficient (Wildman–Crippen LogP) is 4.05. The molecule has 6 rings (SSSR count). The molecule has 2 fully saturated rings. The minimum atomic E-state index is 0.0428. The van der Waals surface area contributed by atoms with Crippen LogP contribution in [0.3, 0.4) is 0 Å². The fraction of sp³-hybridized carbons (Fsp3) is 0.400. The summed E-state index contributed by atoms with van der Waals surface area (Å²) >= 11 is 0. The van der Waals surface area contributed by atoms with Gasteiger partial charge in [-0.05, 0) is 55.2 Å². The van der Waals surface area contributed by atoms with Crippen LogP contribution in [-0.2, 0) is 11.3 Å². The normalized spacial score (nSPS) is 22.6. The van der Waals surface area contributed by atoms with Crippen LogP contribution in [0.4, 0.5) is 4.79 Å². The van der Waals surface area contributed by atoms with Gasteiger partial charge in [0.05, 0.1) is 24.1 Å². The Morgan fingerprint density at radius 3 is 2.66 bits per heavy atom. The largest absolute Gasteiger partial charge is 0.491 e. The third-order valence-corrected chi connectivity index (χ3v) is 7.01. The standard InChI is InChI=1S/C25H26N4O3/c1-15-26-22-6-2-17(11-23(22)27-15)16-3-7-24-18(10-16)14-28(8-9-32-24)25(31)29-19-4-5-20(29)13-21(30)12-19/h2-3,6-7,10-11,19-20H,4-5,8-9,12-14H2,1H3,(H,26,27). The summed E-state index contributed by atoms with van der Waals surface area (Å²) in [6.45, 7) is 3.48. The number of carbonyl (C=O) groups is 2. The molecule has 7 heteroatoms. The van der Waals surface area contributed by atoms with Crippen molar-refractivity contribution in [3.05, 3.63) is 47.8 Å². The van der Waals surface area contributed by atoms with Crippen LogP contribution in [0.2, 0.25) is 0 Å². The molecule has 1 aromatic heterocycles. The van der Waals surface area contributed by atoms with E-state index < -0.39 is 0 Å². The van der Waals surface area contributed by atoms with Crippen LogP contribution in [0.25, 0.3) is 22.2 Å². The number of aryl methyl sites for hydroxylation is 1. The van der Waals surface area contributed by atoms with Crippen LogP contribution in [0.5, 0.6) is 5.75 Å². The van der Waals surface area contributed by atoms with Crippen LogP contribution in [0, 0.1) is 6.92 Å². The molecule has 2 saturated heterocycles. The van der Waals surface area contributed by atoms with Crippen molar-refractivity contribution in [1.82, 2.24) is 19.8 Å². The second kappa shape index (κ2) is 7.36. The number of imidazole rings is 1. The van der Waals surface area contributed by atoms with E-state index in [0.717, 1.165) is 52.1 Å². The highest BCUT2D eigenvalue weighted by atomic mass is 16.5. The Morgan fingerprint density at radius 2 is 1.84 bits per heavy atom. The van der Waals surface area contributed by atoms with E-state index >= 15 is 0 Å². The maximum atomic E-state index is 13.5. The molecule has 3 aliphatic heterocycles. The second-order valence-corrected chi connectivity index (χ2v) is 9.17. The number of carbonyl (C=O) groups excluding carboxylic acids is 2. The van der Waals surface area contributed by atoms with Gasteiger partial charge < -0.3 is 19.5 Å². The number of hydrogen-bond donors (Lipinski definition) is 1. The molecule has 164 valence electrons. The molecule has 2 atom stereocenters. The number of benzene rings is 2. The van der Waals surface area contributed by atoms with Crippen molar-refractivity contribution in [2.45, 2.75) is 51.2 Å². The van der Waals surface area contributed by atoms with Crippen LogP contribution >= 0.6 is 0 Å². The molecule has 0 aliphatic carbocycles. The second-order valence-electron chi connectivity index (χ2n) is 9.17. The summed E-state index contributed by atoms with van der Waals surface area (Å²) in [6, 6.07) is 12.6. The summed E-state index contributed by atoms with van der Waals surface area (Å²) in [7, 11) is 0. The smallest absolute Gasteiger partial charge is 0.320 e. The molecular formula is C25H26N4O3. The number of aromatic amines is 1. The highest BCUT2D eigenvalue weighted by molar-refractivity contribution is 5.85. The number of amides is 2. The number of nitrogens with one attached hydrogen (secondary N) is 1. The maximum absolute atomic E-state index is 13.5. The molecule has 32 heavy (non-hydrogen) atoms. The molecule has 2 amide bonds. The molecule has 3 aliphatic rings. The summed E-state index contributed by atoms with van der Waals surface area (Å²) in [5, 5.41) is 0. The van der Waals surface area contributed by atoms with Crippen molar-refractivity contribution in [2.75, 3.05) is 13.2 Å². The van der Waals surface area contributed by atoms with E-state index in [-0.39, 0.29) is 18.1 Å². The first-order valence-corrected chi connectivity index (χ1v) is 11.4. The van der Waals surface area contributed by atoms with Crippen LogP contribution < -0.4 is 4.74 Å². The first-order valence-electron chi connectivity index (χ1n) is 11.4. The zero-order chi connectivity index (χ0) is 21.8. The number of fused-ring (bicyclic) bond motifs is 4. The molecule has 7 nitrogen and oxygen atoms in total. The topological polar surface area (TPSA) is 78.5 Å². The van der Waals surface area contributed by atoms with Gasteiger partial charge in [-0.1, -0.05) is 12.1 Å². The van der Waals surface area contributed by atoms with Crippen LogP contribution in [-0.4, -0.2) is 56.8 Å². The number of rotatable bonds is 1. The van der Waals surface area contributed by atoms with Crippen molar-refractivity contribution in [3.8, 4) is 16.9 Å². The Hall–Kier alpha value is -3.35. The quantitative estimate of drug-likeness (QED) is 0.632. The number of ketones is 1. The summed E-state index contributed by atoms with van der Waals surface area (Å²) in [6.07, 6.45) is 2.87. The fourth-order valence-corrected chi connectivity index (χ4v) is 5.50. The number of H-pyrrole nitrogens is 1. The summed E-state index contributed by atoms with van der Waals surface area (Å²) in [5.41, 5.74) is 5.15. The Morgan fingerprint density at radius 1 is 1.09 bits per heavy atom. The van der Waals surface area contributed by atoms with E-state index in [0.29, 0.717) is 38.3 Å².